The molecule has 0 unspecified atom stereocenters. The lowest BCUT2D eigenvalue weighted by atomic mass is 10.3. The number of halogens is 1. The van der Waals surface area contributed by atoms with E-state index in [0.29, 0.717) is 24.1 Å². The van der Waals surface area contributed by atoms with Crippen LogP contribution >= 0.6 is 0 Å². The van der Waals surface area contributed by atoms with Crippen molar-refractivity contribution < 1.29 is 9.13 Å². The Hall–Kier alpha value is -1.94. The van der Waals surface area contributed by atoms with Crippen molar-refractivity contribution in [1.29, 1.82) is 0 Å². The molecule has 2 rings (SSSR count). The van der Waals surface area contributed by atoms with Crippen molar-refractivity contribution in [3.05, 3.63) is 54.1 Å². The third-order valence-electron chi connectivity index (χ3n) is 2.51. The molecular formula is C15H17FN2O. The van der Waals surface area contributed by atoms with Crippen LogP contribution in [0.4, 0.5) is 4.39 Å². The minimum atomic E-state index is -0.312. The van der Waals surface area contributed by atoms with Crippen LogP contribution in [0.5, 0.6) is 11.5 Å². The van der Waals surface area contributed by atoms with Crippen LogP contribution < -0.4 is 10.1 Å². The standard InChI is InChI=1S/C15H17FN2O/c1-11(2)18-10-13-9-15(6-7-17-13)19-14-5-3-4-12(16)8-14/h3-9,11,18H,10H2,1-2H3. The van der Waals surface area contributed by atoms with Gasteiger partial charge in [0.15, 0.2) is 0 Å². The molecule has 1 aromatic carbocycles. The van der Waals surface area contributed by atoms with Crippen LogP contribution in [0.25, 0.3) is 0 Å². The maximum absolute atomic E-state index is 13.1. The monoisotopic (exact) mass is 260 g/mol. The molecule has 0 amide bonds. The second-order valence-electron chi connectivity index (χ2n) is 4.58. The highest BCUT2D eigenvalue weighted by Crippen LogP contribution is 2.21. The highest BCUT2D eigenvalue weighted by Gasteiger charge is 2.02. The van der Waals surface area contributed by atoms with Gasteiger partial charge in [0.05, 0.1) is 5.69 Å². The normalized spacial score (nSPS) is 10.7. The summed E-state index contributed by atoms with van der Waals surface area (Å²) in [5.74, 6) is 0.823. The highest BCUT2D eigenvalue weighted by molar-refractivity contribution is 5.31. The van der Waals surface area contributed by atoms with Crippen LogP contribution in [0.1, 0.15) is 19.5 Å². The Morgan fingerprint density at radius 1 is 1.21 bits per heavy atom. The van der Waals surface area contributed by atoms with Gasteiger partial charge in [0.2, 0.25) is 0 Å². The summed E-state index contributed by atoms with van der Waals surface area (Å²) >= 11 is 0. The lowest BCUT2D eigenvalue weighted by Crippen LogP contribution is -2.22. The molecule has 0 aliphatic rings. The topological polar surface area (TPSA) is 34.1 Å². The average molecular weight is 260 g/mol. The summed E-state index contributed by atoms with van der Waals surface area (Å²) in [5, 5.41) is 3.28. The highest BCUT2D eigenvalue weighted by atomic mass is 19.1. The van der Waals surface area contributed by atoms with Gasteiger partial charge >= 0.3 is 0 Å². The summed E-state index contributed by atoms with van der Waals surface area (Å²) < 4.78 is 18.7. The summed E-state index contributed by atoms with van der Waals surface area (Å²) in [6.07, 6.45) is 1.69. The molecule has 1 heterocycles. The first-order chi connectivity index (χ1) is 9.13. The zero-order valence-electron chi connectivity index (χ0n) is 11.1. The minimum absolute atomic E-state index is 0.312. The SMILES string of the molecule is CC(C)NCc1cc(Oc2cccc(F)c2)ccn1. The Morgan fingerprint density at radius 3 is 2.74 bits per heavy atom. The minimum Gasteiger partial charge on any atom is -0.457 e. The summed E-state index contributed by atoms with van der Waals surface area (Å²) in [6, 6.07) is 10.1. The van der Waals surface area contributed by atoms with Crippen LogP contribution in [-0.4, -0.2) is 11.0 Å². The van der Waals surface area contributed by atoms with E-state index in [9.17, 15) is 4.39 Å². The van der Waals surface area contributed by atoms with Crippen molar-refractivity contribution in [2.24, 2.45) is 0 Å². The molecule has 0 atom stereocenters. The third-order valence-corrected chi connectivity index (χ3v) is 2.51. The molecular weight excluding hydrogens is 243 g/mol. The van der Waals surface area contributed by atoms with E-state index in [-0.39, 0.29) is 5.82 Å². The molecule has 19 heavy (non-hydrogen) atoms. The lowest BCUT2D eigenvalue weighted by molar-refractivity contribution is 0.474. The predicted molar refractivity (Wildman–Crippen MR) is 72.7 cm³/mol. The molecule has 0 bridgehead atoms. The number of benzene rings is 1. The maximum Gasteiger partial charge on any atom is 0.130 e. The van der Waals surface area contributed by atoms with Crippen LogP contribution in [0.2, 0.25) is 0 Å². The number of nitrogens with one attached hydrogen (secondary N) is 1. The summed E-state index contributed by atoms with van der Waals surface area (Å²) in [6.45, 7) is 4.83. The second kappa shape index (κ2) is 6.29. The molecule has 0 saturated heterocycles. The fraction of sp³-hybridized carbons (Fsp3) is 0.267. The number of pyridine rings is 1. The maximum atomic E-state index is 13.1. The van der Waals surface area contributed by atoms with E-state index in [4.69, 9.17) is 4.74 Å². The van der Waals surface area contributed by atoms with Crippen molar-refractivity contribution in [1.82, 2.24) is 10.3 Å². The second-order valence-corrected chi connectivity index (χ2v) is 4.58. The molecule has 0 aliphatic carbocycles. The molecule has 0 radical (unpaired) electrons. The van der Waals surface area contributed by atoms with Crippen molar-refractivity contribution in [2.45, 2.75) is 26.4 Å². The molecule has 0 aliphatic heterocycles. The Morgan fingerprint density at radius 2 is 2.00 bits per heavy atom. The van der Waals surface area contributed by atoms with Crippen LogP contribution in [0.3, 0.4) is 0 Å². The first-order valence-corrected chi connectivity index (χ1v) is 6.25. The fourth-order valence-electron chi connectivity index (χ4n) is 1.59. The van der Waals surface area contributed by atoms with E-state index in [2.05, 4.69) is 24.1 Å². The van der Waals surface area contributed by atoms with E-state index in [1.807, 2.05) is 6.07 Å². The van der Waals surface area contributed by atoms with E-state index < -0.39 is 0 Å². The summed E-state index contributed by atoms with van der Waals surface area (Å²) in [7, 11) is 0. The number of aromatic nitrogens is 1. The molecule has 1 N–H and O–H groups in total. The number of hydrogen-bond donors (Lipinski definition) is 1. The summed E-state index contributed by atoms with van der Waals surface area (Å²) in [5.41, 5.74) is 0.891. The van der Waals surface area contributed by atoms with Crippen LogP contribution in [0, 0.1) is 5.82 Å². The van der Waals surface area contributed by atoms with Gasteiger partial charge in [0, 0.05) is 30.9 Å². The first-order valence-electron chi connectivity index (χ1n) is 6.25. The van der Waals surface area contributed by atoms with Gasteiger partial charge in [-0.1, -0.05) is 19.9 Å². The number of hydrogen-bond acceptors (Lipinski definition) is 3. The molecule has 4 heteroatoms. The quantitative estimate of drug-likeness (QED) is 0.893. The molecule has 3 nitrogen and oxygen atoms in total. The van der Waals surface area contributed by atoms with Gasteiger partial charge in [0.1, 0.15) is 17.3 Å². The van der Waals surface area contributed by atoms with Gasteiger partial charge in [-0.05, 0) is 18.2 Å². The molecule has 0 fully saturated rings. The Bertz CT molecular complexity index is 543. The van der Waals surface area contributed by atoms with Crippen LogP contribution in [-0.2, 0) is 6.54 Å². The van der Waals surface area contributed by atoms with Crippen LogP contribution in [0.15, 0.2) is 42.6 Å². The van der Waals surface area contributed by atoms with E-state index in [0.717, 1.165) is 5.69 Å². The Balaban J connectivity index is 2.06. The van der Waals surface area contributed by atoms with Crippen molar-refractivity contribution in [3.8, 4) is 11.5 Å². The van der Waals surface area contributed by atoms with Gasteiger partial charge in [0.25, 0.3) is 0 Å². The Labute approximate surface area is 112 Å². The van der Waals surface area contributed by atoms with Crippen molar-refractivity contribution >= 4 is 0 Å². The van der Waals surface area contributed by atoms with Gasteiger partial charge in [-0.15, -0.1) is 0 Å². The molecule has 100 valence electrons. The molecule has 0 spiro atoms. The first kappa shape index (κ1) is 13.5. The molecule has 0 saturated carbocycles. The molecule has 1 aromatic heterocycles. The summed E-state index contributed by atoms with van der Waals surface area (Å²) in [4.78, 5) is 4.25. The van der Waals surface area contributed by atoms with Gasteiger partial charge in [-0.3, -0.25) is 4.98 Å². The smallest absolute Gasteiger partial charge is 0.130 e. The lowest BCUT2D eigenvalue weighted by Gasteiger charge is -2.09. The van der Waals surface area contributed by atoms with E-state index in [1.54, 1.807) is 24.4 Å². The van der Waals surface area contributed by atoms with Gasteiger partial charge in [-0.2, -0.15) is 0 Å². The van der Waals surface area contributed by atoms with Crippen molar-refractivity contribution in [2.75, 3.05) is 0 Å². The van der Waals surface area contributed by atoms with Gasteiger partial charge < -0.3 is 10.1 Å². The Kier molecular flexibility index (Phi) is 4.47. The number of ether oxygens (including phenoxy) is 1. The van der Waals surface area contributed by atoms with Gasteiger partial charge in [-0.25, -0.2) is 4.39 Å². The average Bonchev–Trinajstić information content (AvgIpc) is 2.37. The molecule has 2 aromatic rings. The number of nitrogens with zero attached hydrogens (tertiary/aromatic N) is 1. The van der Waals surface area contributed by atoms with Crippen molar-refractivity contribution in [3.63, 3.8) is 0 Å². The van der Waals surface area contributed by atoms with E-state index >= 15 is 0 Å². The predicted octanol–water partition coefficient (Wildman–Crippen LogP) is 3.51. The number of rotatable bonds is 5. The zero-order chi connectivity index (χ0) is 13.7. The van der Waals surface area contributed by atoms with E-state index in [1.165, 1.54) is 12.1 Å². The largest absolute Gasteiger partial charge is 0.457 e. The third kappa shape index (κ3) is 4.34. The fourth-order valence-corrected chi connectivity index (χ4v) is 1.59. The zero-order valence-corrected chi connectivity index (χ0v) is 11.1.